The second-order valence-corrected chi connectivity index (χ2v) is 5.91. The molecule has 3 N–H and O–H groups in total. The van der Waals surface area contributed by atoms with Gasteiger partial charge in [-0.3, -0.25) is 11.3 Å². The van der Waals surface area contributed by atoms with E-state index < -0.39 is 11.6 Å². The Balaban J connectivity index is 2.39. The van der Waals surface area contributed by atoms with E-state index in [1.807, 2.05) is 0 Å². The summed E-state index contributed by atoms with van der Waals surface area (Å²) in [6.45, 7) is 3.67. The van der Waals surface area contributed by atoms with Crippen LogP contribution in [-0.4, -0.2) is 0 Å². The highest BCUT2D eigenvalue weighted by Gasteiger charge is 2.37. The van der Waals surface area contributed by atoms with Gasteiger partial charge in [0.15, 0.2) is 11.6 Å². The maximum atomic E-state index is 14.2. The fourth-order valence-corrected chi connectivity index (χ4v) is 3.20. The number of hydrogen-bond donors (Lipinski definition) is 2. The molecule has 1 aliphatic rings. The fraction of sp³-hybridized carbons (Fsp3) is 0.600. The SMILES string of the molecule is Cc1ccc(C(NN)C2(C)CCCCC2)c(F)c1F. The molecule has 1 unspecified atom stereocenters. The lowest BCUT2D eigenvalue weighted by atomic mass is 9.68. The van der Waals surface area contributed by atoms with Gasteiger partial charge in [0, 0.05) is 5.56 Å². The normalized spacial score (nSPS) is 20.3. The standard InChI is InChI=1S/C15H22F2N2/c1-10-6-7-11(13(17)12(10)16)14(19-18)15(2)8-4-3-5-9-15/h6-7,14,19H,3-5,8-9,18H2,1-2H3. The molecule has 2 nitrogen and oxygen atoms in total. The van der Waals surface area contributed by atoms with Crippen LogP contribution in [0.5, 0.6) is 0 Å². The molecule has 0 amide bonds. The van der Waals surface area contributed by atoms with E-state index in [1.54, 1.807) is 19.1 Å². The Morgan fingerprint density at radius 3 is 2.37 bits per heavy atom. The van der Waals surface area contributed by atoms with Gasteiger partial charge in [-0.15, -0.1) is 0 Å². The predicted octanol–water partition coefficient (Wildman–Crippen LogP) is 3.75. The Morgan fingerprint density at radius 2 is 1.79 bits per heavy atom. The zero-order valence-corrected chi connectivity index (χ0v) is 11.6. The third kappa shape index (κ3) is 2.65. The van der Waals surface area contributed by atoms with Crippen molar-refractivity contribution in [3.63, 3.8) is 0 Å². The van der Waals surface area contributed by atoms with Crippen molar-refractivity contribution in [1.29, 1.82) is 0 Å². The summed E-state index contributed by atoms with van der Waals surface area (Å²) in [6.07, 6.45) is 5.40. The van der Waals surface area contributed by atoms with Crippen LogP contribution in [0.3, 0.4) is 0 Å². The monoisotopic (exact) mass is 268 g/mol. The van der Waals surface area contributed by atoms with Crippen LogP contribution in [0.25, 0.3) is 0 Å². The topological polar surface area (TPSA) is 38.0 Å². The molecule has 106 valence electrons. The first-order chi connectivity index (χ1) is 8.99. The molecule has 19 heavy (non-hydrogen) atoms. The van der Waals surface area contributed by atoms with Gasteiger partial charge in [0.05, 0.1) is 6.04 Å². The van der Waals surface area contributed by atoms with Crippen molar-refractivity contribution in [2.45, 2.75) is 52.0 Å². The number of halogens is 2. The maximum Gasteiger partial charge on any atom is 0.163 e. The van der Waals surface area contributed by atoms with Crippen molar-refractivity contribution >= 4 is 0 Å². The number of benzene rings is 1. The number of hydrazine groups is 1. The van der Waals surface area contributed by atoms with Gasteiger partial charge in [0.1, 0.15) is 0 Å². The van der Waals surface area contributed by atoms with Crippen LogP contribution in [0, 0.1) is 24.0 Å². The molecule has 1 saturated carbocycles. The summed E-state index contributed by atoms with van der Waals surface area (Å²) in [5, 5.41) is 0. The molecule has 0 radical (unpaired) electrons. The lowest BCUT2D eigenvalue weighted by Gasteiger charge is -2.40. The van der Waals surface area contributed by atoms with Crippen molar-refractivity contribution in [3.05, 3.63) is 34.9 Å². The summed E-state index contributed by atoms with van der Waals surface area (Å²) in [7, 11) is 0. The van der Waals surface area contributed by atoms with Crippen LogP contribution >= 0.6 is 0 Å². The van der Waals surface area contributed by atoms with Crippen molar-refractivity contribution in [2.75, 3.05) is 0 Å². The van der Waals surface area contributed by atoms with Gasteiger partial charge in [0.25, 0.3) is 0 Å². The van der Waals surface area contributed by atoms with Crippen LogP contribution < -0.4 is 11.3 Å². The van der Waals surface area contributed by atoms with Crippen molar-refractivity contribution in [1.82, 2.24) is 5.43 Å². The van der Waals surface area contributed by atoms with E-state index in [0.29, 0.717) is 11.1 Å². The molecule has 4 heteroatoms. The zero-order valence-electron chi connectivity index (χ0n) is 11.6. The van der Waals surface area contributed by atoms with Crippen LogP contribution in [0.4, 0.5) is 8.78 Å². The molecule has 2 rings (SSSR count). The molecule has 1 aliphatic carbocycles. The average Bonchev–Trinajstić information content (AvgIpc) is 2.40. The number of nitrogens with two attached hydrogens (primary N) is 1. The lowest BCUT2D eigenvalue weighted by Crippen LogP contribution is -2.41. The van der Waals surface area contributed by atoms with Gasteiger partial charge in [-0.2, -0.15) is 0 Å². The molecule has 0 bridgehead atoms. The highest BCUT2D eigenvalue weighted by Crippen LogP contribution is 2.46. The summed E-state index contributed by atoms with van der Waals surface area (Å²) in [6, 6.07) is 2.92. The Morgan fingerprint density at radius 1 is 1.16 bits per heavy atom. The van der Waals surface area contributed by atoms with Crippen LogP contribution in [0.15, 0.2) is 12.1 Å². The predicted molar refractivity (Wildman–Crippen MR) is 72.4 cm³/mol. The minimum Gasteiger partial charge on any atom is -0.271 e. The Labute approximate surface area is 113 Å². The van der Waals surface area contributed by atoms with Gasteiger partial charge in [-0.25, -0.2) is 8.78 Å². The number of aryl methyl sites for hydroxylation is 1. The van der Waals surface area contributed by atoms with E-state index in [-0.39, 0.29) is 11.5 Å². The largest absolute Gasteiger partial charge is 0.271 e. The third-order valence-corrected chi connectivity index (χ3v) is 4.48. The molecule has 0 saturated heterocycles. The molecule has 1 aromatic rings. The molecule has 1 aromatic carbocycles. The average molecular weight is 268 g/mol. The van der Waals surface area contributed by atoms with Crippen LogP contribution in [0.1, 0.15) is 56.2 Å². The van der Waals surface area contributed by atoms with Crippen LogP contribution in [0.2, 0.25) is 0 Å². The van der Waals surface area contributed by atoms with Crippen molar-refractivity contribution in [3.8, 4) is 0 Å². The number of rotatable bonds is 3. The fourth-order valence-electron chi connectivity index (χ4n) is 3.20. The summed E-state index contributed by atoms with van der Waals surface area (Å²) < 4.78 is 27.9. The van der Waals surface area contributed by atoms with Gasteiger partial charge in [0.2, 0.25) is 0 Å². The summed E-state index contributed by atoms with van der Waals surface area (Å²) in [4.78, 5) is 0. The van der Waals surface area contributed by atoms with E-state index in [2.05, 4.69) is 12.3 Å². The minimum absolute atomic E-state index is 0.116. The van der Waals surface area contributed by atoms with Gasteiger partial charge in [-0.1, -0.05) is 38.3 Å². The molecular weight excluding hydrogens is 246 g/mol. The van der Waals surface area contributed by atoms with Gasteiger partial charge < -0.3 is 0 Å². The Bertz CT molecular complexity index is 454. The first kappa shape index (κ1) is 14.4. The van der Waals surface area contributed by atoms with E-state index in [0.717, 1.165) is 25.7 Å². The van der Waals surface area contributed by atoms with Crippen molar-refractivity contribution < 1.29 is 8.78 Å². The lowest BCUT2D eigenvalue weighted by molar-refractivity contribution is 0.142. The summed E-state index contributed by atoms with van der Waals surface area (Å²) >= 11 is 0. The summed E-state index contributed by atoms with van der Waals surface area (Å²) in [5.41, 5.74) is 3.26. The summed E-state index contributed by atoms with van der Waals surface area (Å²) in [5.74, 6) is 4.10. The molecule has 0 aromatic heterocycles. The van der Waals surface area contributed by atoms with E-state index in [4.69, 9.17) is 5.84 Å². The molecule has 1 atom stereocenters. The zero-order chi connectivity index (χ0) is 14.0. The third-order valence-electron chi connectivity index (χ3n) is 4.48. The molecule has 0 aliphatic heterocycles. The first-order valence-corrected chi connectivity index (χ1v) is 6.90. The quantitative estimate of drug-likeness (QED) is 0.647. The number of nitrogens with one attached hydrogen (secondary N) is 1. The van der Waals surface area contributed by atoms with Gasteiger partial charge in [-0.05, 0) is 30.7 Å². The highest BCUT2D eigenvalue weighted by atomic mass is 19.2. The van der Waals surface area contributed by atoms with E-state index >= 15 is 0 Å². The number of hydrogen-bond acceptors (Lipinski definition) is 2. The second-order valence-electron chi connectivity index (χ2n) is 5.91. The van der Waals surface area contributed by atoms with E-state index in [9.17, 15) is 8.78 Å². The molecule has 0 heterocycles. The molecular formula is C15H22F2N2. The highest BCUT2D eigenvalue weighted by molar-refractivity contribution is 5.29. The minimum atomic E-state index is -0.769. The first-order valence-electron chi connectivity index (χ1n) is 6.90. The van der Waals surface area contributed by atoms with Crippen molar-refractivity contribution in [2.24, 2.45) is 11.3 Å². The maximum absolute atomic E-state index is 14.2. The van der Waals surface area contributed by atoms with E-state index in [1.165, 1.54) is 6.42 Å². The molecule has 0 spiro atoms. The molecule has 1 fully saturated rings. The van der Waals surface area contributed by atoms with Gasteiger partial charge >= 0.3 is 0 Å². The van der Waals surface area contributed by atoms with Crippen LogP contribution in [-0.2, 0) is 0 Å². The Hall–Kier alpha value is -1.00. The smallest absolute Gasteiger partial charge is 0.163 e. The Kier molecular flexibility index (Phi) is 4.21. The second kappa shape index (κ2) is 5.55.